The minimum atomic E-state index is -0.445. The van der Waals surface area contributed by atoms with Gasteiger partial charge in [-0.25, -0.2) is 9.13 Å². The van der Waals surface area contributed by atoms with Gasteiger partial charge in [-0.1, -0.05) is 13.8 Å². The molecule has 12 heteroatoms. The van der Waals surface area contributed by atoms with Crippen LogP contribution in [0.1, 0.15) is 68.1 Å². The number of anilines is 6. The summed E-state index contributed by atoms with van der Waals surface area (Å²) in [5.74, 6) is -1.55. The molecule has 0 radical (unpaired) electrons. The van der Waals surface area contributed by atoms with Crippen LogP contribution in [0, 0.1) is 0 Å². The van der Waals surface area contributed by atoms with E-state index in [2.05, 4.69) is 35.1 Å². The molecule has 12 nitrogen and oxygen atoms in total. The third kappa shape index (κ3) is 8.86. The van der Waals surface area contributed by atoms with Crippen LogP contribution in [-0.2, 0) is 13.1 Å². The molecule has 8 N–H and O–H groups in total. The van der Waals surface area contributed by atoms with Gasteiger partial charge in [-0.15, -0.1) is 0 Å². The Morgan fingerprint density at radius 2 is 0.880 bits per heavy atom. The molecule has 5 aromatic rings. The number of aromatic nitrogens is 2. The topological polar surface area (TPSA) is 176 Å². The third-order valence-electron chi connectivity index (χ3n) is 7.73. The molecule has 0 saturated heterocycles. The predicted molar refractivity (Wildman–Crippen MR) is 194 cm³/mol. The van der Waals surface area contributed by atoms with Crippen molar-refractivity contribution in [1.82, 2.24) is 0 Å². The molecule has 0 saturated carbocycles. The van der Waals surface area contributed by atoms with E-state index in [4.69, 9.17) is 11.5 Å². The Labute approximate surface area is 290 Å². The van der Waals surface area contributed by atoms with Crippen LogP contribution in [0.15, 0.2) is 110 Å². The molecule has 3 aromatic carbocycles. The second-order valence-corrected chi connectivity index (χ2v) is 11.7. The quantitative estimate of drug-likeness (QED) is 0.0779. The summed E-state index contributed by atoms with van der Waals surface area (Å²) >= 11 is 0. The van der Waals surface area contributed by atoms with Gasteiger partial charge in [0.25, 0.3) is 23.6 Å². The Balaban J connectivity index is 1.16. The molecule has 2 heterocycles. The highest BCUT2D eigenvalue weighted by molar-refractivity contribution is 6.10. The van der Waals surface area contributed by atoms with Gasteiger partial charge in [0.1, 0.15) is 24.5 Å². The summed E-state index contributed by atoms with van der Waals surface area (Å²) in [5, 5.41) is 11.2. The number of pyridine rings is 2. The van der Waals surface area contributed by atoms with Crippen molar-refractivity contribution >= 4 is 57.8 Å². The van der Waals surface area contributed by atoms with Crippen LogP contribution in [-0.4, -0.2) is 23.6 Å². The minimum Gasteiger partial charge on any atom is -0.397 e. The molecule has 0 aliphatic rings. The molecule has 2 aromatic heterocycles. The highest BCUT2D eigenvalue weighted by Crippen LogP contribution is 2.23. The van der Waals surface area contributed by atoms with Crippen LogP contribution < -0.4 is 41.9 Å². The highest BCUT2D eigenvalue weighted by atomic mass is 16.2. The van der Waals surface area contributed by atoms with Crippen molar-refractivity contribution < 1.29 is 28.3 Å². The summed E-state index contributed by atoms with van der Waals surface area (Å²) in [6, 6.07) is 22.7. The lowest BCUT2D eigenvalue weighted by Crippen LogP contribution is -2.33. The average Bonchev–Trinajstić information content (AvgIpc) is 3.10. The van der Waals surface area contributed by atoms with E-state index in [0.29, 0.717) is 45.0 Å². The molecule has 4 amide bonds. The van der Waals surface area contributed by atoms with Gasteiger partial charge in [0.15, 0.2) is 24.8 Å². The molecule has 0 spiro atoms. The van der Waals surface area contributed by atoms with E-state index < -0.39 is 11.8 Å². The first-order valence-electron chi connectivity index (χ1n) is 16.3. The van der Waals surface area contributed by atoms with Crippen LogP contribution >= 0.6 is 0 Å². The molecule has 0 atom stereocenters. The Bertz CT molecular complexity index is 1900. The Morgan fingerprint density at radius 1 is 0.520 bits per heavy atom. The van der Waals surface area contributed by atoms with Crippen LogP contribution in [0.2, 0.25) is 0 Å². The first kappa shape index (κ1) is 34.8. The lowest BCUT2D eigenvalue weighted by atomic mass is 10.1. The standard InChI is InChI=1S/C38H38N8O4/c1-3-17-45-19-5-7-29(23-45)41-37(49)27-13-15-33(31(39)21-27)43-35(47)25-9-11-26(12-10-25)36(48)44-34-16-14-28(22-32(34)40)38(50)42-30-8-6-20-46(24-30)18-4-2/h5-16,19-24H,3-4,17-18H2,1-2H3,(H6-2,39,40,41,42,43,44,47,48,49,50)/p+2. The monoisotopic (exact) mass is 672 g/mol. The summed E-state index contributed by atoms with van der Waals surface area (Å²) in [7, 11) is 0. The zero-order valence-electron chi connectivity index (χ0n) is 27.9. The number of nitrogens with two attached hydrogens (primary N) is 2. The number of aryl methyl sites for hydroxylation is 2. The maximum absolute atomic E-state index is 13.0. The molecule has 5 rings (SSSR count). The fraction of sp³-hybridized carbons (Fsp3) is 0.158. The van der Waals surface area contributed by atoms with Gasteiger partial charge in [0.2, 0.25) is 0 Å². The van der Waals surface area contributed by atoms with E-state index in [9.17, 15) is 19.2 Å². The maximum atomic E-state index is 13.0. The molecule has 0 aliphatic heterocycles. The molecule has 0 aliphatic carbocycles. The van der Waals surface area contributed by atoms with Crippen molar-refractivity contribution in [1.29, 1.82) is 0 Å². The SMILES string of the molecule is CCC[n+]1cccc(NC(=O)c2ccc(NC(=O)c3ccc(C(=O)Nc4ccc(C(=O)Nc5ccc[n+](CCC)c5)cc4N)cc3)c(N)c2)c1. The number of rotatable bonds is 12. The summed E-state index contributed by atoms with van der Waals surface area (Å²) in [5.41, 5.74) is 16.1. The number of nitrogens with zero attached hydrogens (tertiary/aromatic N) is 2. The highest BCUT2D eigenvalue weighted by Gasteiger charge is 2.16. The Kier molecular flexibility index (Phi) is 11.1. The number of hydrogen-bond acceptors (Lipinski definition) is 6. The average molecular weight is 673 g/mol. The van der Waals surface area contributed by atoms with Gasteiger partial charge in [-0.3, -0.25) is 19.2 Å². The lowest BCUT2D eigenvalue weighted by molar-refractivity contribution is -0.696. The second-order valence-electron chi connectivity index (χ2n) is 11.7. The third-order valence-corrected chi connectivity index (χ3v) is 7.73. The molecular weight excluding hydrogens is 632 g/mol. The van der Waals surface area contributed by atoms with Crippen LogP contribution in [0.5, 0.6) is 0 Å². The molecule has 0 fully saturated rings. The van der Waals surface area contributed by atoms with E-state index in [-0.39, 0.29) is 23.2 Å². The van der Waals surface area contributed by atoms with E-state index in [1.165, 1.54) is 36.4 Å². The summed E-state index contributed by atoms with van der Waals surface area (Å²) < 4.78 is 3.99. The van der Waals surface area contributed by atoms with Gasteiger partial charge in [0, 0.05) is 47.2 Å². The van der Waals surface area contributed by atoms with Crippen molar-refractivity contribution in [2.45, 2.75) is 39.8 Å². The van der Waals surface area contributed by atoms with Gasteiger partial charge in [0.05, 0.1) is 22.7 Å². The zero-order valence-corrected chi connectivity index (χ0v) is 27.9. The number of benzene rings is 3. The summed E-state index contributed by atoms with van der Waals surface area (Å²) in [6.07, 6.45) is 9.52. The van der Waals surface area contributed by atoms with Gasteiger partial charge < -0.3 is 32.7 Å². The molecule has 254 valence electrons. The Morgan fingerprint density at radius 3 is 1.24 bits per heavy atom. The predicted octanol–water partition coefficient (Wildman–Crippen LogP) is 5.26. The fourth-order valence-corrected chi connectivity index (χ4v) is 5.19. The van der Waals surface area contributed by atoms with Crippen molar-refractivity contribution in [3.63, 3.8) is 0 Å². The second kappa shape index (κ2) is 16.0. The fourth-order valence-electron chi connectivity index (χ4n) is 5.19. The Hall–Kier alpha value is -6.56. The first-order chi connectivity index (χ1) is 24.1. The van der Waals surface area contributed by atoms with Crippen LogP contribution in [0.4, 0.5) is 34.1 Å². The number of nitrogen functional groups attached to an aromatic ring is 2. The first-order valence-corrected chi connectivity index (χ1v) is 16.3. The van der Waals surface area contributed by atoms with E-state index in [1.807, 2.05) is 46.1 Å². The van der Waals surface area contributed by atoms with Crippen LogP contribution in [0.25, 0.3) is 0 Å². The number of nitrogens with one attached hydrogen (secondary N) is 4. The zero-order chi connectivity index (χ0) is 35.6. The van der Waals surface area contributed by atoms with E-state index in [0.717, 1.165) is 25.9 Å². The number of hydrogen-bond donors (Lipinski definition) is 6. The molecular formula is C38H40N8O4+2. The molecule has 0 bridgehead atoms. The van der Waals surface area contributed by atoms with Crippen molar-refractivity contribution in [2.75, 3.05) is 32.7 Å². The lowest BCUT2D eigenvalue weighted by Gasteiger charge is -2.12. The van der Waals surface area contributed by atoms with Crippen molar-refractivity contribution in [3.05, 3.63) is 132 Å². The van der Waals surface area contributed by atoms with Crippen molar-refractivity contribution in [2.24, 2.45) is 0 Å². The molecule has 0 unspecified atom stereocenters. The minimum absolute atomic E-state index is 0.220. The smallest absolute Gasteiger partial charge is 0.255 e. The summed E-state index contributed by atoms with van der Waals surface area (Å²) in [4.78, 5) is 51.6. The van der Waals surface area contributed by atoms with E-state index in [1.54, 1.807) is 36.4 Å². The van der Waals surface area contributed by atoms with Gasteiger partial charge in [-0.2, -0.15) is 0 Å². The maximum Gasteiger partial charge on any atom is 0.255 e. The van der Waals surface area contributed by atoms with Gasteiger partial charge in [-0.05, 0) is 72.8 Å². The number of carbonyl (C=O) groups excluding carboxylic acids is 4. The number of carbonyl (C=O) groups is 4. The van der Waals surface area contributed by atoms with Crippen molar-refractivity contribution in [3.8, 4) is 0 Å². The van der Waals surface area contributed by atoms with Crippen LogP contribution in [0.3, 0.4) is 0 Å². The normalized spacial score (nSPS) is 10.6. The van der Waals surface area contributed by atoms with Gasteiger partial charge >= 0.3 is 0 Å². The molecule has 50 heavy (non-hydrogen) atoms. The largest absolute Gasteiger partial charge is 0.397 e. The van der Waals surface area contributed by atoms with E-state index >= 15 is 0 Å². The summed E-state index contributed by atoms with van der Waals surface area (Å²) in [6.45, 7) is 5.83. The number of amides is 4.